The van der Waals surface area contributed by atoms with E-state index in [9.17, 15) is 9.90 Å². The summed E-state index contributed by atoms with van der Waals surface area (Å²) in [4.78, 5) is 16.4. The molecule has 0 aromatic heterocycles. The van der Waals surface area contributed by atoms with E-state index in [0.717, 1.165) is 5.56 Å². The van der Waals surface area contributed by atoms with Crippen molar-refractivity contribution < 1.29 is 24.2 Å². The molecule has 0 spiro atoms. The molecular weight excluding hydrogens is 417 g/mol. The maximum Gasteiger partial charge on any atom is 0.333 e. The van der Waals surface area contributed by atoms with E-state index in [4.69, 9.17) is 37.5 Å². The maximum atomic E-state index is 11.2. The molecule has 1 atom stereocenters. The lowest BCUT2D eigenvalue weighted by Crippen LogP contribution is -2.26. The summed E-state index contributed by atoms with van der Waals surface area (Å²) in [5.41, 5.74) is 2.03. The van der Waals surface area contributed by atoms with Crippen molar-refractivity contribution in [3.8, 4) is 5.75 Å². The van der Waals surface area contributed by atoms with Crippen molar-refractivity contribution >= 4 is 34.9 Å². The molecule has 0 aliphatic rings. The molecule has 6 nitrogen and oxygen atoms in total. The standard InChI is InChI=1S/C21H23Cl2NO5/c1-3-27-20(21(25)26)11-14-5-8-16(9-6-14)28-13-19(24-29-4-2)17-10-7-15(22)12-18(17)23/h5-10,12,20H,3-4,11,13H2,1-2H3,(H,25,26). The van der Waals surface area contributed by atoms with Crippen molar-refractivity contribution in [1.29, 1.82) is 0 Å². The van der Waals surface area contributed by atoms with E-state index >= 15 is 0 Å². The average Bonchev–Trinajstić information content (AvgIpc) is 2.69. The summed E-state index contributed by atoms with van der Waals surface area (Å²) in [6.45, 7) is 4.48. The Morgan fingerprint density at radius 2 is 1.83 bits per heavy atom. The molecule has 0 aliphatic carbocycles. The third kappa shape index (κ3) is 7.24. The molecule has 0 saturated carbocycles. The summed E-state index contributed by atoms with van der Waals surface area (Å²) in [6.07, 6.45) is -0.593. The smallest absolute Gasteiger partial charge is 0.333 e. The van der Waals surface area contributed by atoms with Gasteiger partial charge in [0.1, 0.15) is 24.7 Å². The van der Waals surface area contributed by atoms with Crippen LogP contribution in [-0.4, -0.2) is 42.7 Å². The highest BCUT2D eigenvalue weighted by atomic mass is 35.5. The van der Waals surface area contributed by atoms with Crippen LogP contribution in [0.3, 0.4) is 0 Å². The first-order chi connectivity index (χ1) is 13.9. The van der Waals surface area contributed by atoms with Gasteiger partial charge in [0.05, 0.1) is 5.02 Å². The van der Waals surface area contributed by atoms with Crippen LogP contribution in [-0.2, 0) is 20.8 Å². The fourth-order valence-corrected chi connectivity index (χ4v) is 3.04. The van der Waals surface area contributed by atoms with Gasteiger partial charge in [-0.25, -0.2) is 4.79 Å². The predicted molar refractivity (Wildman–Crippen MR) is 113 cm³/mol. The topological polar surface area (TPSA) is 77.3 Å². The molecule has 29 heavy (non-hydrogen) atoms. The van der Waals surface area contributed by atoms with E-state index in [2.05, 4.69) is 5.16 Å². The highest BCUT2D eigenvalue weighted by molar-refractivity contribution is 6.37. The number of ether oxygens (including phenoxy) is 2. The van der Waals surface area contributed by atoms with E-state index < -0.39 is 12.1 Å². The van der Waals surface area contributed by atoms with E-state index in [-0.39, 0.29) is 13.0 Å². The van der Waals surface area contributed by atoms with Gasteiger partial charge in [-0.2, -0.15) is 0 Å². The molecule has 0 aliphatic heterocycles. The summed E-state index contributed by atoms with van der Waals surface area (Å²) < 4.78 is 11.1. The van der Waals surface area contributed by atoms with Gasteiger partial charge in [0.15, 0.2) is 6.10 Å². The Morgan fingerprint density at radius 1 is 1.10 bits per heavy atom. The molecule has 1 N–H and O–H groups in total. The zero-order valence-electron chi connectivity index (χ0n) is 16.2. The Kier molecular flexibility index (Phi) is 9.25. The predicted octanol–water partition coefficient (Wildman–Crippen LogP) is 4.85. The zero-order chi connectivity index (χ0) is 21.2. The van der Waals surface area contributed by atoms with Gasteiger partial charge in [-0.3, -0.25) is 0 Å². The first-order valence-corrected chi connectivity index (χ1v) is 9.90. The Morgan fingerprint density at radius 3 is 2.41 bits per heavy atom. The van der Waals surface area contributed by atoms with E-state index in [1.54, 1.807) is 49.4 Å². The lowest BCUT2D eigenvalue weighted by atomic mass is 10.1. The van der Waals surface area contributed by atoms with Crippen LogP contribution in [0.2, 0.25) is 10.0 Å². The number of hydrogen-bond acceptors (Lipinski definition) is 5. The highest BCUT2D eigenvalue weighted by Gasteiger charge is 2.18. The van der Waals surface area contributed by atoms with E-state index in [0.29, 0.717) is 40.3 Å². The van der Waals surface area contributed by atoms with Crippen molar-refractivity contribution in [3.63, 3.8) is 0 Å². The number of nitrogens with zero attached hydrogens (tertiary/aromatic N) is 1. The van der Waals surface area contributed by atoms with Gasteiger partial charge in [-0.05, 0) is 49.7 Å². The second-order valence-corrected chi connectivity index (χ2v) is 6.84. The van der Waals surface area contributed by atoms with E-state index in [1.165, 1.54) is 0 Å². The van der Waals surface area contributed by atoms with Crippen LogP contribution in [0.4, 0.5) is 0 Å². The minimum Gasteiger partial charge on any atom is -0.487 e. The number of rotatable bonds is 11. The van der Waals surface area contributed by atoms with Crippen molar-refractivity contribution in [2.24, 2.45) is 5.16 Å². The molecule has 0 fully saturated rings. The largest absolute Gasteiger partial charge is 0.487 e. The minimum atomic E-state index is -0.983. The van der Waals surface area contributed by atoms with Gasteiger partial charge in [-0.1, -0.05) is 40.5 Å². The summed E-state index contributed by atoms with van der Waals surface area (Å²) >= 11 is 12.2. The third-order valence-corrected chi connectivity index (χ3v) is 4.46. The summed E-state index contributed by atoms with van der Waals surface area (Å²) in [5, 5.41) is 14.3. The Labute approximate surface area is 180 Å². The fraction of sp³-hybridized carbons (Fsp3) is 0.333. The first kappa shape index (κ1) is 23.0. The van der Waals surface area contributed by atoms with Crippen LogP contribution < -0.4 is 4.74 Å². The molecular formula is C21H23Cl2NO5. The van der Waals surface area contributed by atoms with Crippen molar-refractivity contribution in [3.05, 3.63) is 63.6 Å². The second-order valence-electron chi connectivity index (χ2n) is 6.00. The van der Waals surface area contributed by atoms with Crippen LogP contribution in [0.1, 0.15) is 25.0 Å². The van der Waals surface area contributed by atoms with Crippen molar-refractivity contribution in [2.75, 3.05) is 19.8 Å². The molecule has 156 valence electrons. The number of halogens is 2. The molecule has 0 bridgehead atoms. The lowest BCUT2D eigenvalue weighted by Gasteiger charge is -2.13. The molecule has 8 heteroatoms. The summed E-state index contributed by atoms with van der Waals surface area (Å²) in [6, 6.07) is 12.2. The number of oxime groups is 1. The number of carbonyl (C=O) groups is 1. The van der Waals surface area contributed by atoms with Crippen molar-refractivity contribution in [2.45, 2.75) is 26.4 Å². The SMILES string of the molecule is CCON=C(COc1ccc(CC(OCC)C(=O)O)cc1)c1ccc(Cl)cc1Cl. The molecule has 2 rings (SSSR count). The minimum absolute atomic E-state index is 0.136. The molecule has 0 amide bonds. The van der Waals surface area contributed by atoms with Crippen LogP contribution in [0.15, 0.2) is 47.6 Å². The second kappa shape index (κ2) is 11.7. The number of carboxylic acids is 1. The number of aliphatic carboxylic acids is 1. The number of carboxylic acid groups (broad SMARTS) is 1. The van der Waals surface area contributed by atoms with Gasteiger partial charge < -0.3 is 19.4 Å². The Bertz CT molecular complexity index is 839. The highest BCUT2D eigenvalue weighted by Crippen LogP contribution is 2.23. The lowest BCUT2D eigenvalue weighted by molar-refractivity contribution is -0.149. The van der Waals surface area contributed by atoms with Gasteiger partial charge in [0.2, 0.25) is 0 Å². The zero-order valence-corrected chi connectivity index (χ0v) is 17.7. The molecule has 2 aromatic rings. The van der Waals surface area contributed by atoms with Crippen LogP contribution in [0, 0.1) is 0 Å². The van der Waals surface area contributed by atoms with Crippen LogP contribution in [0.25, 0.3) is 0 Å². The van der Waals surface area contributed by atoms with Crippen LogP contribution in [0.5, 0.6) is 5.75 Å². The Balaban J connectivity index is 2.06. The molecule has 1 unspecified atom stereocenters. The molecule has 0 radical (unpaired) electrons. The van der Waals surface area contributed by atoms with Crippen LogP contribution >= 0.6 is 23.2 Å². The van der Waals surface area contributed by atoms with Gasteiger partial charge in [0, 0.05) is 23.6 Å². The maximum absolute atomic E-state index is 11.2. The number of benzene rings is 2. The van der Waals surface area contributed by atoms with Gasteiger partial charge >= 0.3 is 5.97 Å². The van der Waals surface area contributed by atoms with Crippen molar-refractivity contribution in [1.82, 2.24) is 0 Å². The van der Waals surface area contributed by atoms with E-state index in [1.807, 2.05) is 6.92 Å². The first-order valence-electron chi connectivity index (χ1n) is 9.15. The number of hydrogen-bond donors (Lipinski definition) is 1. The molecule has 0 heterocycles. The third-order valence-electron chi connectivity index (χ3n) is 3.91. The van der Waals surface area contributed by atoms with Gasteiger partial charge in [-0.15, -0.1) is 0 Å². The van der Waals surface area contributed by atoms with Gasteiger partial charge in [0.25, 0.3) is 0 Å². The molecule has 0 saturated heterocycles. The molecule has 2 aromatic carbocycles. The fourth-order valence-electron chi connectivity index (χ4n) is 2.53. The average molecular weight is 440 g/mol. The summed E-state index contributed by atoms with van der Waals surface area (Å²) in [7, 11) is 0. The monoisotopic (exact) mass is 439 g/mol. The summed E-state index contributed by atoms with van der Waals surface area (Å²) in [5.74, 6) is -0.380. The Hall–Kier alpha value is -2.28. The normalized spacial score (nSPS) is 12.5. The quantitative estimate of drug-likeness (QED) is 0.400.